The number of aliphatic hydroxyl groups is 1. The van der Waals surface area contributed by atoms with Gasteiger partial charge in [0.15, 0.2) is 0 Å². The van der Waals surface area contributed by atoms with E-state index >= 15 is 0 Å². The molecule has 0 spiro atoms. The maximum absolute atomic E-state index is 13.8. The fourth-order valence-electron chi connectivity index (χ4n) is 5.87. The molecule has 48 heavy (non-hydrogen) atoms. The van der Waals surface area contributed by atoms with Crippen LogP contribution in [0.1, 0.15) is 49.0 Å². The van der Waals surface area contributed by atoms with Crippen LogP contribution in [0.5, 0.6) is 0 Å². The van der Waals surface area contributed by atoms with Crippen molar-refractivity contribution in [1.82, 2.24) is 9.62 Å². The summed E-state index contributed by atoms with van der Waals surface area (Å²) in [6.45, 7) is 4.29. The van der Waals surface area contributed by atoms with Gasteiger partial charge in [0.05, 0.1) is 29.8 Å². The van der Waals surface area contributed by atoms with Crippen molar-refractivity contribution in [3.63, 3.8) is 0 Å². The van der Waals surface area contributed by atoms with Gasteiger partial charge >= 0.3 is 6.18 Å². The molecule has 3 N–H and O–H groups in total. The highest BCUT2D eigenvalue weighted by Gasteiger charge is 2.40. The largest absolute Gasteiger partial charge is 0.416 e. The Morgan fingerprint density at radius 1 is 0.979 bits per heavy atom. The Bertz CT molecular complexity index is 1680. The number of hydrogen-bond donors (Lipinski definition) is 3. The minimum Gasteiger partial charge on any atom is -0.389 e. The van der Waals surface area contributed by atoms with Crippen molar-refractivity contribution < 1.29 is 41.0 Å². The summed E-state index contributed by atoms with van der Waals surface area (Å²) in [6.07, 6.45) is -4.33. The van der Waals surface area contributed by atoms with Crippen LogP contribution in [0.2, 0.25) is 0 Å². The summed E-state index contributed by atoms with van der Waals surface area (Å²) in [4.78, 5) is 29.1. The lowest BCUT2D eigenvalue weighted by atomic mass is 10.00. The second-order valence-corrected chi connectivity index (χ2v) is 13.9. The third kappa shape index (κ3) is 8.53. The fraction of sp³-hybridized carbons (Fsp3) is 0.412. The molecule has 0 radical (unpaired) electrons. The highest BCUT2D eigenvalue weighted by Crippen LogP contribution is 2.33. The van der Waals surface area contributed by atoms with Crippen molar-refractivity contribution >= 4 is 33.2 Å². The molecular weight excluding hydrogens is 649 g/mol. The van der Waals surface area contributed by atoms with Gasteiger partial charge in [0, 0.05) is 37.4 Å². The van der Waals surface area contributed by atoms with Crippen molar-refractivity contribution in [3.8, 4) is 0 Å². The molecule has 0 aromatic heterocycles. The molecule has 2 fully saturated rings. The Labute approximate surface area is 277 Å². The van der Waals surface area contributed by atoms with Crippen molar-refractivity contribution in [1.29, 1.82) is 0 Å². The number of morpholine rings is 1. The molecule has 3 aromatic carbocycles. The summed E-state index contributed by atoms with van der Waals surface area (Å²) in [5.41, 5.74) is 1.70. The Morgan fingerprint density at radius 3 is 2.31 bits per heavy atom. The number of alkyl halides is 3. The van der Waals surface area contributed by atoms with Crippen LogP contribution in [0, 0.1) is 0 Å². The van der Waals surface area contributed by atoms with Gasteiger partial charge in [-0.3, -0.25) is 9.59 Å². The molecule has 2 saturated heterocycles. The van der Waals surface area contributed by atoms with E-state index in [1.165, 1.54) is 0 Å². The zero-order valence-electron chi connectivity index (χ0n) is 26.4. The molecule has 3 aromatic rings. The van der Waals surface area contributed by atoms with Crippen molar-refractivity contribution in [2.45, 2.75) is 61.9 Å². The number of anilines is 2. The van der Waals surface area contributed by atoms with Gasteiger partial charge in [-0.1, -0.05) is 36.8 Å². The maximum Gasteiger partial charge on any atom is 0.416 e. The van der Waals surface area contributed by atoms with Crippen LogP contribution in [0.25, 0.3) is 0 Å². The summed E-state index contributed by atoms with van der Waals surface area (Å²) in [7, 11) is -4.49. The number of carbonyl (C=O) groups is 2. The van der Waals surface area contributed by atoms with Crippen LogP contribution in [0.3, 0.4) is 0 Å². The van der Waals surface area contributed by atoms with Gasteiger partial charge < -0.3 is 25.4 Å². The highest BCUT2D eigenvalue weighted by molar-refractivity contribution is 7.89. The predicted molar refractivity (Wildman–Crippen MR) is 174 cm³/mol. The normalized spacial score (nSPS) is 18.9. The predicted octanol–water partition coefficient (Wildman–Crippen LogP) is 4.50. The van der Waals surface area contributed by atoms with Gasteiger partial charge in [0.25, 0.3) is 0 Å². The van der Waals surface area contributed by atoms with Crippen molar-refractivity contribution in [2.75, 3.05) is 43.1 Å². The summed E-state index contributed by atoms with van der Waals surface area (Å²) in [6, 6.07) is 15.2. The number of nitrogens with one attached hydrogen (secondary N) is 2. The van der Waals surface area contributed by atoms with Gasteiger partial charge in [-0.2, -0.15) is 17.5 Å². The van der Waals surface area contributed by atoms with E-state index in [1.807, 2.05) is 12.1 Å². The Balaban J connectivity index is 1.37. The van der Waals surface area contributed by atoms with Crippen molar-refractivity contribution in [3.05, 3.63) is 89.5 Å². The number of carbonyl (C=O) groups excluding carboxylic acids is 2. The first kappa shape index (κ1) is 35.3. The molecule has 0 aliphatic carbocycles. The number of ether oxygens (including phenoxy) is 1. The molecule has 3 atom stereocenters. The van der Waals surface area contributed by atoms with Crippen LogP contribution >= 0.6 is 0 Å². The maximum atomic E-state index is 13.8. The first-order valence-electron chi connectivity index (χ1n) is 15.8. The molecule has 1 unspecified atom stereocenters. The zero-order valence-corrected chi connectivity index (χ0v) is 27.3. The minimum atomic E-state index is -4.75. The third-order valence-corrected chi connectivity index (χ3v) is 10.5. The minimum absolute atomic E-state index is 0.0522. The third-order valence-electron chi connectivity index (χ3n) is 8.57. The molecule has 2 aliphatic rings. The average molecular weight is 689 g/mol. The number of benzene rings is 3. The molecule has 0 saturated carbocycles. The fourth-order valence-corrected chi connectivity index (χ4v) is 7.58. The Hall–Kier alpha value is -3.98. The molecule has 0 bridgehead atoms. The Kier molecular flexibility index (Phi) is 11.1. The van der Waals surface area contributed by atoms with E-state index in [1.54, 1.807) is 43.3 Å². The topological polar surface area (TPSA) is 128 Å². The number of sulfonamides is 1. The number of aliphatic hydroxyl groups excluding tert-OH is 1. The number of hydrogen-bond acceptors (Lipinski definition) is 7. The lowest BCUT2D eigenvalue weighted by Crippen LogP contribution is -2.56. The number of halogens is 3. The second-order valence-electron chi connectivity index (χ2n) is 12.0. The van der Waals surface area contributed by atoms with Gasteiger partial charge in [-0.05, 0) is 73.4 Å². The van der Waals surface area contributed by atoms with E-state index in [0.717, 1.165) is 41.3 Å². The van der Waals surface area contributed by atoms with Crippen LogP contribution in [-0.4, -0.2) is 74.6 Å². The van der Waals surface area contributed by atoms with Gasteiger partial charge in [-0.25, -0.2) is 8.42 Å². The van der Waals surface area contributed by atoms with E-state index in [0.29, 0.717) is 48.9 Å². The molecule has 2 heterocycles. The smallest absolute Gasteiger partial charge is 0.389 e. The van der Waals surface area contributed by atoms with Crippen molar-refractivity contribution in [2.24, 2.45) is 0 Å². The first-order chi connectivity index (χ1) is 22.8. The van der Waals surface area contributed by atoms with E-state index < -0.39 is 56.7 Å². The van der Waals surface area contributed by atoms with E-state index in [-0.39, 0.29) is 19.4 Å². The van der Waals surface area contributed by atoms with E-state index in [4.69, 9.17) is 4.74 Å². The number of nitrogens with zero attached hydrogens (tertiary/aromatic N) is 2. The average Bonchev–Trinajstić information content (AvgIpc) is 3.08. The molecular formula is C34H39F3N4O6S. The summed E-state index contributed by atoms with van der Waals surface area (Å²) < 4.78 is 73.8. The number of rotatable bonds is 10. The first-order valence-corrected chi connectivity index (χ1v) is 17.3. The molecule has 10 nitrogen and oxygen atoms in total. The van der Waals surface area contributed by atoms with Crippen LogP contribution in [0.15, 0.2) is 77.7 Å². The van der Waals surface area contributed by atoms with E-state index in [2.05, 4.69) is 15.5 Å². The summed E-state index contributed by atoms with van der Waals surface area (Å²) >= 11 is 0. The monoisotopic (exact) mass is 688 g/mol. The second kappa shape index (κ2) is 15.1. The standard InChI is InChI=1S/C34H39F3N4O6S/c1-23(42)25-10-8-24(9-11-25)21-30(32(43)38-27-12-14-28(15-13-27)40-17-19-47-20-18-40)39-33(44)31-7-2-3-16-41(31)48(45,46)29-6-4-5-26(22-29)34(35,36)37/h4-6,8-15,22-23,30-31,42H,2-3,7,16-21H2,1H3,(H,38,43)(H,39,44)/t23?,30-,31-/m0/s1. The number of piperidine rings is 1. The highest BCUT2D eigenvalue weighted by atomic mass is 32.2. The van der Waals surface area contributed by atoms with Gasteiger partial charge in [-0.15, -0.1) is 0 Å². The summed E-state index contributed by atoms with van der Waals surface area (Å²) in [5, 5.41) is 15.5. The lowest BCUT2D eigenvalue weighted by molar-refractivity contribution is -0.137. The molecule has 2 aliphatic heterocycles. The lowest BCUT2D eigenvalue weighted by Gasteiger charge is -2.34. The molecule has 14 heteroatoms. The summed E-state index contributed by atoms with van der Waals surface area (Å²) in [5.74, 6) is -1.26. The van der Waals surface area contributed by atoms with Crippen LogP contribution in [0.4, 0.5) is 24.5 Å². The quantitative estimate of drug-likeness (QED) is 0.286. The Morgan fingerprint density at radius 2 is 1.67 bits per heavy atom. The molecule has 258 valence electrons. The molecule has 2 amide bonds. The molecule has 5 rings (SSSR count). The van der Waals surface area contributed by atoms with Gasteiger partial charge in [0.1, 0.15) is 12.1 Å². The van der Waals surface area contributed by atoms with Crippen LogP contribution in [-0.2, 0) is 36.9 Å². The van der Waals surface area contributed by atoms with E-state index in [9.17, 15) is 36.3 Å². The van der Waals surface area contributed by atoms with Crippen LogP contribution < -0.4 is 15.5 Å². The zero-order chi connectivity index (χ0) is 34.5. The number of amides is 2. The SMILES string of the molecule is CC(O)c1ccc(C[C@H](NC(=O)[C@@H]2CCCCN2S(=O)(=O)c2cccc(C(F)(F)F)c2)C(=O)Nc2ccc(N3CCOCC3)cc2)cc1. The van der Waals surface area contributed by atoms with Gasteiger partial charge in [0.2, 0.25) is 21.8 Å².